The summed E-state index contributed by atoms with van der Waals surface area (Å²) in [5.74, 6) is -0.297. The van der Waals surface area contributed by atoms with E-state index in [0.29, 0.717) is 6.61 Å². The normalized spacial score (nSPS) is 17.7. The monoisotopic (exact) mass is 249 g/mol. The molecule has 0 radical (unpaired) electrons. The van der Waals surface area contributed by atoms with Gasteiger partial charge in [0.25, 0.3) is 0 Å². The molecule has 1 aromatic heterocycles. The van der Waals surface area contributed by atoms with Crippen LogP contribution in [-0.2, 0) is 22.5 Å². The molecule has 1 aromatic rings. The maximum absolute atomic E-state index is 11.4. The van der Waals surface area contributed by atoms with Crippen LogP contribution in [0, 0.1) is 0 Å². The number of azide groups is 1. The Morgan fingerprint density at radius 1 is 1.78 bits per heavy atom. The molecule has 0 aliphatic heterocycles. The first-order valence-electron chi connectivity index (χ1n) is 6.00. The smallest absolute Gasteiger partial charge is 0.327 e. The van der Waals surface area contributed by atoms with Crippen LogP contribution in [-0.4, -0.2) is 22.4 Å². The first-order valence-corrected chi connectivity index (χ1v) is 6.00. The van der Waals surface area contributed by atoms with Crippen LogP contribution in [0.2, 0.25) is 0 Å². The summed E-state index contributed by atoms with van der Waals surface area (Å²) in [6.45, 7) is 2.25. The van der Waals surface area contributed by atoms with Gasteiger partial charge in [-0.25, -0.2) is 0 Å². The summed E-state index contributed by atoms with van der Waals surface area (Å²) in [5.41, 5.74) is 10.4. The van der Waals surface area contributed by atoms with Crippen molar-refractivity contribution in [2.24, 2.45) is 5.11 Å². The molecule has 7 heteroatoms. The molecule has 0 bridgehead atoms. The van der Waals surface area contributed by atoms with E-state index in [0.717, 1.165) is 30.5 Å². The summed E-state index contributed by atoms with van der Waals surface area (Å²) in [4.78, 5) is 14.3. The highest BCUT2D eigenvalue weighted by Gasteiger charge is 2.24. The molecule has 1 heterocycles. The molecule has 0 saturated carbocycles. The van der Waals surface area contributed by atoms with Crippen LogP contribution in [0.1, 0.15) is 37.1 Å². The van der Waals surface area contributed by atoms with Crippen LogP contribution in [0.25, 0.3) is 10.4 Å². The SMILES string of the molecule is CCOC(=O)Cn1ncc2c1CCC[C@@H]2N=[N+]=[N-]. The minimum absolute atomic E-state index is 0.117. The lowest BCUT2D eigenvalue weighted by molar-refractivity contribution is -0.144. The van der Waals surface area contributed by atoms with E-state index in [1.165, 1.54) is 0 Å². The molecule has 2 rings (SSSR count). The van der Waals surface area contributed by atoms with Gasteiger partial charge in [-0.05, 0) is 31.7 Å². The highest BCUT2D eigenvalue weighted by atomic mass is 16.5. The van der Waals surface area contributed by atoms with Gasteiger partial charge in [-0.15, -0.1) is 0 Å². The number of ether oxygens (including phenoxy) is 1. The first-order chi connectivity index (χ1) is 8.76. The molecule has 0 spiro atoms. The lowest BCUT2D eigenvalue weighted by atomic mass is 9.94. The minimum Gasteiger partial charge on any atom is -0.465 e. The van der Waals surface area contributed by atoms with Crippen LogP contribution < -0.4 is 0 Å². The number of esters is 1. The van der Waals surface area contributed by atoms with E-state index in [9.17, 15) is 4.79 Å². The quantitative estimate of drug-likeness (QED) is 0.354. The third-order valence-corrected chi connectivity index (χ3v) is 3.01. The second kappa shape index (κ2) is 5.55. The van der Waals surface area contributed by atoms with Crippen molar-refractivity contribution < 1.29 is 9.53 Å². The summed E-state index contributed by atoms with van der Waals surface area (Å²) >= 11 is 0. The second-order valence-corrected chi connectivity index (χ2v) is 4.12. The molecule has 0 fully saturated rings. The molecular weight excluding hydrogens is 234 g/mol. The van der Waals surface area contributed by atoms with Gasteiger partial charge in [0.15, 0.2) is 0 Å². The Morgan fingerprint density at radius 2 is 2.61 bits per heavy atom. The molecule has 0 N–H and O–H groups in total. The number of nitrogens with zero attached hydrogens (tertiary/aromatic N) is 5. The molecule has 1 atom stereocenters. The zero-order valence-electron chi connectivity index (χ0n) is 10.2. The molecular formula is C11H15N5O2. The fourth-order valence-electron chi connectivity index (χ4n) is 2.24. The summed E-state index contributed by atoms with van der Waals surface area (Å²) in [6.07, 6.45) is 4.31. The van der Waals surface area contributed by atoms with Crippen LogP contribution in [0.3, 0.4) is 0 Å². The number of fused-ring (bicyclic) bond motifs is 1. The molecule has 96 valence electrons. The maximum Gasteiger partial charge on any atom is 0.327 e. The zero-order chi connectivity index (χ0) is 13.0. The van der Waals surface area contributed by atoms with Crippen LogP contribution >= 0.6 is 0 Å². The third kappa shape index (κ3) is 2.46. The minimum atomic E-state index is -0.297. The maximum atomic E-state index is 11.4. The van der Waals surface area contributed by atoms with Crippen molar-refractivity contribution in [2.75, 3.05) is 6.61 Å². The van der Waals surface area contributed by atoms with Gasteiger partial charge in [0, 0.05) is 16.2 Å². The molecule has 18 heavy (non-hydrogen) atoms. The Balaban J connectivity index is 2.20. The predicted octanol–water partition coefficient (Wildman–Crippen LogP) is 2.13. The van der Waals surface area contributed by atoms with Crippen molar-refractivity contribution in [1.82, 2.24) is 9.78 Å². The largest absolute Gasteiger partial charge is 0.465 e. The Labute approximate surface area is 104 Å². The summed E-state index contributed by atoms with van der Waals surface area (Å²) in [7, 11) is 0. The van der Waals surface area contributed by atoms with Gasteiger partial charge in [0.2, 0.25) is 0 Å². The van der Waals surface area contributed by atoms with E-state index >= 15 is 0 Å². The second-order valence-electron chi connectivity index (χ2n) is 4.12. The van der Waals surface area contributed by atoms with Crippen molar-refractivity contribution in [3.63, 3.8) is 0 Å². The number of aromatic nitrogens is 2. The fourth-order valence-corrected chi connectivity index (χ4v) is 2.24. The average Bonchev–Trinajstić information content (AvgIpc) is 2.74. The molecule has 1 aliphatic carbocycles. The number of rotatable bonds is 4. The Kier molecular flexibility index (Phi) is 3.84. The number of hydrogen-bond donors (Lipinski definition) is 0. The molecule has 1 aliphatic rings. The summed E-state index contributed by atoms with van der Waals surface area (Å²) < 4.78 is 6.54. The Hall–Kier alpha value is -2.01. The lowest BCUT2D eigenvalue weighted by Gasteiger charge is -2.18. The van der Waals surface area contributed by atoms with Crippen molar-refractivity contribution in [3.8, 4) is 0 Å². The van der Waals surface area contributed by atoms with Crippen molar-refractivity contribution in [2.45, 2.75) is 38.8 Å². The van der Waals surface area contributed by atoms with E-state index in [4.69, 9.17) is 10.3 Å². The van der Waals surface area contributed by atoms with Gasteiger partial charge < -0.3 is 4.74 Å². The lowest BCUT2D eigenvalue weighted by Crippen LogP contribution is -2.18. The van der Waals surface area contributed by atoms with Gasteiger partial charge in [0.1, 0.15) is 6.54 Å². The van der Waals surface area contributed by atoms with Crippen LogP contribution in [0.4, 0.5) is 0 Å². The van der Waals surface area contributed by atoms with Crippen LogP contribution in [0.5, 0.6) is 0 Å². The van der Waals surface area contributed by atoms with Crippen LogP contribution in [0.15, 0.2) is 11.3 Å². The van der Waals surface area contributed by atoms with Crippen molar-refractivity contribution in [3.05, 3.63) is 27.9 Å². The van der Waals surface area contributed by atoms with E-state index < -0.39 is 0 Å². The standard InChI is InChI=1S/C11H15N5O2/c1-2-18-11(17)7-16-10-5-3-4-9(14-15-12)8(10)6-13-16/h6,9H,2-5,7H2,1H3/t9-/m0/s1. The van der Waals surface area contributed by atoms with E-state index in [1.54, 1.807) is 17.8 Å². The van der Waals surface area contributed by atoms with Gasteiger partial charge in [0.05, 0.1) is 18.8 Å². The van der Waals surface area contributed by atoms with E-state index in [1.807, 2.05) is 0 Å². The Morgan fingerprint density at radius 3 is 3.33 bits per heavy atom. The molecule has 7 nitrogen and oxygen atoms in total. The van der Waals surface area contributed by atoms with Crippen molar-refractivity contribution >= 4 is 5.97 Å². The van der Waals surface area contributed by atoms with Gasteiger partial charge >= 0.3 is 5.97 Å². The van der Waals surface area contributed by atoms with Crippen molar-refractivity contribution in [1.29, 1.82) is 0 Å². The van der Waals surface area contributed by atoms with E-state index in [2.05, 4.69) is 15.1 Å². The highest BCUT2D eigenvalue weighted by molar-refractivity contribution is 5.69. The average molecular weight is 249 g/mol. The topological polar surface area (TPSA) is 92.9 Å². The van der Waals surface area contributed by atoms with Gasteiger partial charge in [-0.2, -0.15) is 5.10 Å². The number of carbonyl (C=O) groups is 1. The van der Waals surface area contributed by atoms with Gasteiger partial charge in [-0.1, -0.05) is 5.11 Å². The number of hydrogen-bond acceptors (Lipinski definition) is 4. The molecule has 0 unspecified atom stereocenters. The molecule has 0 saturated heterocycles. The van der Waals surface area contributed by atoms with Gasteiger partial charge in [-0.3, -0.25) is 9.48 Å². The predicted molar refractivity (Wildman–Crippen MR) is 63.7 cm³/mol. The third-order valence-electron chi connectivity index (χ3n) is 3.01. The fraction of sp³-hybridized carbons (Fsp3) is 0.636. The number of carbonyl (C=O) groups excluding carboxylic acids is 1. The first kappa shape index (κ1) is 12.4. The molecule has 0 aromatic carbocycles. The summed E-state index contributed by atoms with van der Waals surface area (Å²) in [5, 5.41) is 7.95. The highest BCUT2D eigenvalue weighted by Crippen LogP contribution is 2.32. The molecule has 0 amide bonds. The summed E-state index contributed by atoms with van der Waals surface area (Å²) in [6, 6.07) is -0.158. The zero-order valence-corrected chi connectivity index (χ0v) is 10.2. The van der Waals surface area contributed by atoms with E-state index in [-0.39, 0.29) is 18.6 Å². The Bertz CT molecular complexity index is 490.